The molecular weight excluding hydrogens is 296 g/mol. The van der Waals surface area contributed by atoms with E-state index in [4.69, 9.17) is 4.74 Å². The molecule has 1 heterocycles. The number of rotatable bonds is 6. The van der Waals surface area contributed by atoms with E-state index in [1.54, 1.807) is 0 Å². The lowest BCUT2D eigenvalue weighted by molar-refractivity contribution is -0.155. The minimum Gasteiger partial charge on any atom is -0.480 e. The highest BCUT2D eigenvalue weighted by molar-refractivity contribution is 5.84. The van der Waals surface area contributed by atoms with E-state index in [9.17, 15) is 14.7 Å². The van der Waals surface area contributed by atoms with Gasteiger partial charge in [-0.1, -0.05) is 30.3 Å². The average molecular weight is 320 g/mol. The second-order valence-electron chi connectivity index (χ2n) is 5.95. The van der Waals surface area contributed by atoms with Gasteiger partial charge < -0.3 is 14.7 Å². The van der Waals surface area contributed by atoms with Crippen molar-refractivity contribution in [2.24, 2.45) is 0 Å². The van der Waals surface area contributed by atoms with Gasteiger partial charge in [0, 0.05) is 26.2 Å². The Morgan fingerprint density at radius 1 is 1.35 bits per heavy atom. The van der Waals surface area contributed by atoms with Crippen molar-refractivity contribution in [3.8, 4) is 0 Å². The standard InChI is InChI=1S/C17H24N2O4/c1-18(11-13-6-4-3-5-7-13)14-8-9-19(16(20)12-23-2)15(10-14)17(21)22/h3-7,14-15H,8-12H2,1-2H3,(H,21,22)/t14-,15+/m1/s1. The second kappa shape index (κ2) is 8.08. The Balaban J connectivity index is 2.01. The van der Waals surface area contributed by atoms with Crippen LogP contribution in [0.2, 0.25) is 0 Å². The molecule has 1 aromatic rings. The molecule has 1 aromatic carbocycles. The molecule has 23 heavy (non-hydrogen) atoms. The first-order chi connectivity index (χ1) is 11.0. The second-order valence-corrected chi connectivity index (χ2v) is 5.95. The summed E-state index contributed by atoms with van der Waals surface area (Å²) in [5, 5.41) is 9.46. The van der Waals surface area contributed by atoms with Crippen LogP contribution < -0.4 is 0 Å². The molecule has 1 N–H and O–H groups in total. The van der Waals surface area contributed by atoms with E-state index >= 15 is 0 Å². The van der Waals surface area contributed by atoms with Gasteiger partial charge in [0.25, 0.3) is 0 Å². The maximum Gasteiger partial charge on any atom is 0.326 e. The first-order valence-corrected chi connectivity index (χ1v) is 7.78. The summed E-state index contributed by atoms with van der Waals surface area (Å²) in [5.74, 6) is -1.21. The Morgan fingerprint density at radius 2 is 2.04 bits per heavy atom. The molecule has 1 amide bonds. The fourth-order valence-electron chi connectivity index (χ4n) is 3.09. The van der Waals surface area contributed by atoms with Crippen molar-refractivity contribution in [1.82, 2.24) is 9.80 Å². The first-order valence-electron chi connectivity index (χ1n) is 7.78. The van der Waals surface area contributed by atoms with Crippen molar-refractivity contribution in [1.29, 1.82) is 0 Å². The van der Waals surface area contributed by atoms with Crippen molar-refractivity contribution in [3.05, 3.63) is 35.9 Å². The molecule has 0 aromatic heterocycles. The van der Waals surface area contributed by atoms with Crippen molar-refractivity contribution in [2.75, 3.05) is 27.3 Å². The van der Waals surface area contributed by atoms with Crippen molar-refractivity contribution in [2.45, 2.75) is 31.5 Å². The third-order valence-corrected chi connectivity index (χ3v) is 4.35. The number of aliphatic carboxylic acids is 1. The zero-order valence-electron chi connectivity index (χ0n) is 13.6. The highest BCUT2D eigenvalue weighted by atomic mass is 16.5. The van der Waals surface area contributed by atoms with Crippen LogP contribution >= 0.6 is 0 Å². The summed E-state index contributed by atoms with van der Waals surface area (Å²) >= 11 is 0. The molecule has 0 unspecified atom stereocenters. The monoisotopic (exact) mass is 320 g/mol. The van der Waals surface area contributed by atoms with E-state index in [0.29, 0.717) is 13.0 Å². The lowest BCUT2D eigenvalue weighted by atomic mass is 9.95. The number of carbonyl (C=O) groups is 2. The molecule has 0 bridgehead atoms. The average Bonchev–Trinajstić information content (AvgIpc) is 2.55. The summed E-state index contributed by atoms with van der Waals surface area (Å²) in [4.78, 5) is 27.2. The molecular formula is C17H24N2O4. The van der Waals surface area contributed by atoms with Crippen LogP contribution in [0.1, 0.15) is 18.4 Å². The first kappa shape index (κ1) is 17.4. The number of benzene rings is 1. The number of ether oxygens (including phenoxy) is 1. The van der Waals surface area contributed by atoms with E-state index in [0.717, 1.165) is 13.0 Å². The summed E-state index contributed by atoms with van der Waals surface area (Å²) in [6.07, 6.45) is 1.21. The summed E-state index contributed by atoms with van der Waals surface area (Å²) < 4.78 is 4.84. The molecule has 0 aliphatic carbocycles. The molecule has 126 valence electrons. The van der Waals surface area contributed by atoms with Gasteiger partial charge in [-0.25, -0.2) is 4.79 Å². The number of hydrogen-bond donors (Lipinski definition) is 1. The Hall–Kier alpha value is -1.92. The van der Waals surface area contributed by atoms with E-state index in [-0.39, 0.29) is 18.6 Å². The lowest BCUT2D eigenvalue weighted by Crippen LogP contribution is -2.55. The molecule has 1 saturated heterocycles. The number of carboxylic acids is 1. The van der Waals surface area contributed by atoms with Gasteiger partial charge in [0.2, 0.25) is 5.91 Å². The Kier molecular flexibility index (Phi) is 6.12. The van der Waals surface area contributed by atoms with Gasteiger partial charge in [0.05, 0.1) is 0 Å². The van der Waals surface area contributed by atoms with Crippen LogP contribution in [0.3, 0.4) is 0 Å². The highest BCUT2D eigenvalue weighted by Crippen LogP contribution is 2.23. The van der Waals surface area contributed by atoms with Gasteiger partial charge >= 0.3 is 5.97 Å². The number of methoxy groups -OCH3 is 1. The fourth-order valence-corrected chi connectivity index (χ4v) is 3.09. The molecule has 6 heteroatoms. The van der Waals surface area contributed by atoms with Crippen LogP contribution in [0.15, 0.2) is 30.3 Å². The number of carbonyl (C=O) groups excluding carboxylic acids is 1. The summed E-state index contributed by atoms with van der Waals surface area (Å²) in [6.45, 7) is 1.14. The largest absolute Gasteiger partial charge is 0.480 e. The Morgan fingerprint density at radius 3 is 2.65 bits per heavy atom. The molecule has 1 aliphatic heterocycles. The smallest absolute Gasteiger partial charge is 0.326 e. The number of likely N-dealkylation sites (tertiary alicyclic amines) is 1. The summed E-state index contributed by atoms with van der Waals surface area (Å²) in [6, 6.07) is 9.44. The summed E-state index contributed by atoms with van der Waals surface area (Å²) in [5.41, 5.74) is 1.19. The fraction of sp³-hybridized carbons (Fsp3) is 0.529. The topological polar surface area (TPSA) is 70.1 Å². The number of hydrogen-bond acceptors (Lipinski definition) is 4. The zero-order chi connectivity index (χ0) is 16.8. The van der Waals surface area contributed by atoms with Crippen molar-refractivity contribution in [3.63, 3.8) is 0 Å². The molecule has 6 nitrogen and oxygen atoms in total. The van der Waals surface area contributed by atoms with Gasteiger partial charge in [0.15, 0.2) is 0 Å². The molecule has 0 saturated carbocycles. The van der Waals surface area contributed by atoms with E-state index < -0.39 is 12.0 Å². The van der Waals surface area contributed by atoms with Gasteiger partial charge in [0.1, 0.15) is 12.6 Å². The minimum atomic E-state index is -0.952. The van der Waals surface area contributed by atoms with Crippen molar-refractivity contribution < 1.29 is 19.4 Å². The van der Waals surface area contributed by atoms with Crippen LogP contribution in [-0.2, 0) is 20.9 Å². The van der Waals surface area contributed by atoms with E-state index in [2.05, 4.69) is 17.0 Å². The lowest BCUT2D eigenvalue weighted by Gasteiger charge is -2.40. The Labute approximate surface area is 136 Å². The molecule has 0 spiro atoms. The molecule has 2 atom stereocenters. The highest BCUT2D eigenvalue weighted by Gasteiger charge is 2.37. The number of amides is 1. The number of nitrogens with zero attached hydrogens (tertiary/aromatic N) is 2. The number of carboxylic acid groups (broad SMARTS) is 1. The maximum absolute atomic E-state index is 12.0. The van der Waals surface area contributed by atoms with Crippen LogP contribution in [0.5, 0.6) is 0 Å². The molecule has 0 radical (unpaired) electrons. The normalized spacial score (nSPS) is 21.4. The van der Waals surface area contributed by atoms with Crippen LogP contribution in [0.25, 0.3) is 0 Å². The number of piperidine rings is 1. The van der Waals surface area contributed by atoms with E-state index in [1.807, 2.05) is 25.2 Å². The van der Waals surface area contributed by atoms with Crippen LogP contribution in [0.4, 0.5) is 0 Å². The molecule has 1 aliphatic rings. The van der Waals surface area contributed by atoms with Crippen LogP contribution in [0, 0.1) is 0 Å². The third kappa shape index (κ3) is 4.53. The van der Waals surface area contributed by atoms with Crippen LogP contribution in [-0.4, -0.2) is 66.2 Å². The minimum absolute atomic E-state index is 0.0751. The molecule has 1 fully saturated rings. The van der Waals surface area contributed by atoms with E-state index in [1.165, 1.54) is 17.6 Å². The van der Waals surface area contributed by atoms with Gasteiger partial charge in [-0.05, 0) is 25.5 Å². The SMILES string of the molecule is COCC(=O)N1CC[C@@H](N(C)Cc2ccccc2)C[C@H]1C(=O)O. The predicted octanol–water partition coefficient (Wildman–Crippen LogP) is 1.21. The van der Waals surface area contributed by atoms with Gasteiger partial charge in [-0.3, -0.25) is 9.69 Å². The predicted molar refractivity (Wildman–Crippen MR) is 85.9 cm³/mol. The quantitative estimate of drug-likeness (QED) is 0.853. The maximum atomic E-state index is 12.0. The zero-order valence-corrected chi connectivity index (χ0v) is 13.6. The Bertz CT molecular complexity index is 535. The van der Waals surface area contributed by atoms with Crippen molar-refractivity contribution >= 4 is 11.9 Å². The summed E-state index contributed by atoms with van der Waals surface area (Å²) in [7, 11) is 3.44. The van der Waals surface area contributed by atoms with Gasteiger partial charge in [-0.2, -0.15) is 0 Å². The molecule has 2 rings (SSSR count). The third-order valence-electron chi connectivity index (χ3n) is 4.35. The van der Waals surface area contributed by atoms with Gasteiger partial charge in [-0.15, -0.1) is 0 Å².